The molecular weight excluding hydrogens is 268 g/mol. The Balaban J connectivity index is 1.66. The monoisotopic (exact) mass is 284 g/mol. The molecule has 20 heavy (non-hydrogen) atoms. The molecule has 3 heterocycles. The van der Waals surface area contributed by atoms with Crippen molar-refractivity contribution in [3.05, 3.63) is 35.7 Å². The van der Waals surface area contributed by atoms with Crippen molar-refractivity contribution in [3.8, 4) is 11.5 Å². The average molecular weight is 284 g/mol. The van der Waals surface area contributed by atoms with Crippen LogP contribution in [0, 0.1) is 0 Å². The highest BCUT2D eigenvalue weighted by Crippen LogP contribution is 2.32. The average Bonchev–Trinajstić information content (AvgIpc) is 3.14. The first-order valence-corrected chi connectivity index (χ1v) is 7.97. The Labute approximate surface area is 121 Å². The number of para-hydroxylation sites is 1. The van der Waals surface area contributed by atoms with Gasteiger partial charge >= 0.3 is 0 Å². The van der Waals surface area contributed by atoms with Crippen molar-refractivity contribution in [1.82, 2.24) is 4.98 Å². The zero-order chi connectivity index (χ0) is 13.4. The fourth-order valence-electron chi connectivity index (χ4n) is 2.72. The lowest BCUT2D eigenvalue weighted by Crippen LogP contribution is -2.29. The number of fused-ring (bicyclic) bond motifs is 1. The van der Waals surface area contributed by atoms with E-state index in [1.807, 2.05) is 18.2 Å². The number of furan rings is 1. The van der Waals surface area contributed by atoms with Crippen LogP contribution < -0.4 is 4.90 Å². The summed E-state index contributed by atoms with van der Waals surface area (Å²) < 4.78 is 5.88. The van der Waals surface area contributed by atoms with E-state index in [0.717, 1.165) is 40.6 Å². The van der Waals surface area contributed by atoms with Gasteiger partial charge in [0, 0.05) is 23.9 Å². The van der Waals surface area contributed by atoms with Crippen molar-refractivity contribution in [3.63, 3.8) is 0 Å². The third-order valence-corrected chi connectivity index (χ3v) is 4.70. The van der Waals surface area contributed by atoms with Gasteiger partial charge in [0.05, 0.1) is 0 Å². The summed E-state index contributed by atoms with van der Waals surface area (Å²) in [6, 6.07) is 10.2. The Bertz CT molecular complexity index is 692. The van der Waals surface area contributed by atoms with Gasteiger partial charge in [0.1, 0.15) is 11.3 Å². The van der Waals surface area contributed by atoms with Crippen LogP contribution in [-0.4, -0.2) is 18.1 Å². The maximum absolute atomic E-state index is 5.88. The molecule has 2 aromatic heterocycles. The summed E-state index contributed by atoms with van der Waals surface area (Å²) in [6.07, 6.45) is 3.90. The van der Waals surface area contributed by atoms with Crippen molar-refractivity contribution in [2.45, 2.75) is 19.3 Å². The van der Waals surface area contributed by atoms with Crippen molar-refractivity contribution < 1.29 is 4.42 Å². The third-order valence-electron chi connectivity index (χ3n) is 3.80. The molecule has 4 heteroatoms. The topological polar surface area (TPSA) is 29.3 Å². The number of hydrogen-bond donors (Lipinski definition) is 0. The predicted octanol–water partition coefficient (Wildman–Crippen LogP) is 4.55. The highest BCUT2D eigenvalue weighted by atomic mass is 32.1. The van der Waals surface area contributed by atoms with Crippen molar-refractivity contribution >= 4 is 27.4 Å². The van der Waals surface area contributed by atoms with E-state index in [0.29, 0.717) is 0 Å². The molecule has 3 nitrogen and oxygen atoms in total. The van der Waals surface area contributed by atoms with Crippen LogP contribution in [0.15, 0.2) is 40.1 Å². The molecule has 0 N–H and O–H groups in total. The van der Waals surface area contributed by atoms with Crippen LogP contribution >= 0.6 is 11.3 Å². The smallest absolute Gasteiger partial charge is 0.185 e. The Morgan fingerprint density at radius 1 is 1.10 bits per heavy atom. The number of nitrogens with zero attached hydrogens (tertiary/aromatic N) is 2. The van der Waals surface area contributed by atoms with Crippen molar-refractivity contribution in [1.29, 1.82) is 0 Å². The number of thiazole rings is 1. The second-order valence-electron chi connectivity index (χ2n) is 5.21. The number of piperidine rings is 1. The zero-order valence-corrected chi connectivity index (χ0v) is 12.0. The molecule has 102 valence electrons. The minimum atomic E-state index is 0.866. The quantitative estimate of drug-likeness (QED) is 0.691. The summed E-state index contributed by atoms with van der Waals surface area (Å²) in [5.74, 6) is 0.866. The summed E-state index contributed by atoms with van der Waals surface area (Å²) in [5, 5.41) is 4.36. The predicted molar refractivity (Wildman–Crippen MR) is 83.4 cm³/mol. The first-order chi connectivity index (χ1) is 9.90. The summed E-state index contributed by atoms with van der Waals surface area (Å²) in [7, 11) is 0. The maximum atomic E-state index is 5.88. The molecule has 0 bridgehead atoms. The lowest BCUT2D eigenvalue weighted by molar-refractivity contribution is 0.576. The normalized spacial score (nSPS) is 15.9. The van der Waals surface area contributed by atoms with Gasteiger partial charge in [-0.05, 0) is 31.4 Å². The number of benzene rings is 1. The van der Waals surface area contributed by atoms with Gasteiger partial charge in [-0.2, -0.15) is 0 Å². The number of aromatic nitrogens is 1. The van der Waals surface area contributed by atoms with E-state index in [4.69, 9.17) is 9.40 Å². The summed E-state index contributed by atoms with van der Waals surface area (Å²) in [4.78, 5) is 7.14. The van der Waals surface area contributed by atoms with E-state index in [-0.39, 0.29) is 0 Å². The number of hydrogen-bond acceptors (Lipinski definition) is 4. The molecule has 1 aliphatic rings. The Kier molecular flexibility index (Phi) is 2.96. The highest BCUT2D eigenvalue weighted by molar-refractivity contribution is 7.14. The molecule has 0 spiro atoms. The van der Waals surface area contributed by atoms with Crippen molar-refractivity contribution in [2.75, 3.05) is 18.0 Å². The fraction of sp³-hybridized carbons (Fsp3) is 0.312. The van der Waals surface area contributed by atoms with Gasteiger partial charge in [-0.1, -0.05) is 18.2 Å². The van der Waals surface area contributed by atoms with Crippen molar-refractivity contribution in [2.24, 2.45) is 0 Å². The summed E-state index contributed by atoms with van der Waals surface area (Å²) in [5.41, 5.74) is 1.88. The second kappa shape index (κ2) is 4.94. The molecular formula is C16H16N2OS. The zero-order valence-electron chi connectivity index (χ0n) is 11.2. The summed E-state index contributed by atoms with van der Waals surface area (Å²) >= 11 is 1.72. The van der Waals surface area contributed by atoms with Gasteiger partial charge in [-0.25, -0.2) is 4.98 Å². The minimum Gasteiger partial charge on any atom is -0.454 e. The van der Waals surface area contributed by atoms with E-state index in [2.05, 4.69) is 22.4 Å². The standard InChI is InChI=1S/C16H16N2OS/c1-4-8-18(9-5-1)16-17-13(11-20-16)15-10-12-6-2-3-7-14(12)19-15/h2-3,6-7,10-11H,1,4-5,8-9H2. The van der Waals surface area contributed by atoms with Gasteiger partial charge in [0.15, 0.2) is 10.9 Å². The van der Waals surface area contributed by atoms with Crippen LogP contribution in [0.5, 0.6) is 0 Å². The molecule has 0 unspecified atom stereocenters. The molecule has 0 saturated carbocycles. The first kappa shape index (κ1) is 12.0. The molecule has 1 fully saturated rings. The molecule has 1 aliphatic heterocycles. The molecule has 4 rings (SSSR count). The van der Waals surface area contributed by atoms with Crippen LogP contribution in [0.4, 0.5) is 5.13 Å². The summed E-state index contributed by atoms with van der Waals surface area (Å²) in [6.45, 7) is 2.26. The van der Waals surface area contributed by atoms with E-state index >= 15 is 0 Å². The van der Waals surface area contributed by atoms with Crippen LogP contribution in [0.2, 0.25) is 0 Å². The van der Waals surface area contributed by atoms with Crippen LogP contribution in [0.1, 0.15) is 19.3 Å². The highest BCUT2D eigenvalue weighted by Gasteiger charge is 2.16. The Morgan fingerprint density at radius 2 is 1.95 bits per heavy atom. The number of anilines is 1. The molecule has 1 saturated heterocycles. The van der Waals surface area contributed by atoms with E-state index < -0.39 is 0 Å². The van der Waals surface area contributed by atoms with Crippen LogP contribution in [0.25, 0.3) is 22.4 Å². The maximum Gasteiger partial charge on any atom is 0.185 e. The van der Waals surface area contributed by atoms with E-state index in [1.54, 1.807) is 11.3 Å². The molecule has 0 atom stereocenters. The molecule has 0 amide bonds. The van der Waals surface area contributed by atoms with Gasteiger partial charge in [0.25, 0.3) is 0 Å². The third kappa shape index (κ3) is 2.10. The lowest BCUT2D eigenvalue weighted by Gasteiger charge is -2.25. The van der Waals surface area contributed by atoms with Gasteiger partial charge < -0.3 is 9.32 Å². The molecule has 0 aliphatic carbocycles. The van der Waals surface area contributed by atoms with Crippen LogP contribution in [0.3, 0.4) is 0 Å². The first-order valence-electron chi connectivity index (χ1n) is 7.09. The van der Waals surface area contributed by atoms with E-state index in [9.17, 15) is 0 Å². The molecule has 1 aromatic carbocycles. The van der Waals surface area contributed by atoms with Gasteiger partial charge in [0.2, 0.25) is 0 Å². The second-order valence-corrected chi connectivity index (χ2v) is 6.05. The van der Waals surface area contributed by atoms with Gasteiger partial charge in [-0.3, -0.25) is 0 Å². The molecule has 0 radical (unpaired) electrons. The number of rotatable bonds is 2. The Hall–Kier alpha value is -1.81. The minimum absolute atomic E-state index is 0.866. The lowest BCUT2D eigenvalue weighted by atomic mass is 10.1. The fourth-order valence-corrected chi connectivity index (χ4v) is 3.58. The molecule has 3 aromatic rings. The van der Waals surface area contributed by atoms with Gasteiger partial charge in [-0.15, -0.1) is 11.3 Å². The Morgan fingerprint density at radius 3 is 2.80 bits per heavy atom. The SMILES string of the molecule is c1ccc2oc(-c3csc(N4CCCCC4)n3)cc2c1. The van der Waals surface area contributed by atoms with Crippen LogP contribution in [-0.2, 0) is 0 Å². The largest absolute Gasteiger partial charge is 0.454 e. The van der Waals surface area contributed by atoms with E-state index in [1.165, 1.54) is 19.3 Å².